The summed E-state index contributed by atoms with van der Waals surface area (Å²) >= 11 is 0. The summed E-state index contributed by atoms with van der Waals surface area (Å²) in [5, 5.41) is 10.4. The van der Waals surface area contributed by atoms with Gasteiger partial charge in [0.2, 0.25) is 0 Å². The first kappa shape index (κ1) is 11.9. The van der Waals surface area contributed by atoms with Crippen LogP contribution in [0.15, 0.2) is 49.2 Å². The summed E-state index contributed by atoms with van der Waals surface area (Å²) in [7, 11) is 0. The van der Waals surface area contributed by atoms with Crippen molar-refractivity contribution in [3.63, 3.8) is 0 Å². The van der Waals surface area contributed by atoms with Crippen molar-refractivity contribution in [2.24, 2.45) is 0 Å². The Morgan fingerprint density at radius 3 is 2.28 bits per heavy atom. The molecule has 0 unspecified atom stereocenters. The van der Waals surface area contributed by atoms with Crippen molar-refractivity contribution in [3.05, 3.63) is 60.4 Å². The molecule has 0 spiro atoms. The highest BCUT2D eigenvalue weighted by Crippen LogP contribution is 2.18. The summed E-state index contributed by atoms with van der Waals surface area (Å²) in [6.07, 6.45) is 1.06. The van der Waals surface area contributed by atoms with Crippen LogP contribution >= 0.6 is 0 Å². The van der Waals surface area contributed by atoms with Crippen molar-refractivity contribution in [2.75, 3.05) is 0 Å². The number of esters is 1. The van der Waals surface area contributed by atoms with E-state index in [9.17, 15) is 9.59 Å². The second-order valence-corrected chi connectivity index (χ2v) is 3.65. The Morgan fingerprint density at radius 1 is 1.06 bits per heavy atom. The first-order chi connectivity index (χ1) is 8.61. The third-order valence-electron chi connectivity index (χ3n) is 2.51. The third-order valence-corrected chi connectivity index (χ3v) is 2.51. The van der Waals surface area contributed by atoms with Crippen LogP contribution < -0.4 is 0 Å². The SMILES string of the molecule is C=COC(=O)c1ccc2ccc(C(=O)O)cc2c1. The number of rotatable bonds is 3. The predicted octanol–water partition coefficient (Wildman–Crippen LogP) is 2.84. The second-order valence-electron chi connectivity index (χ2n) is 3.65. The van der Waals surface area contributed by atoms with Crippen LogP contribution in [0.25, 0.3) is 10.8 Å². The molecule has 0 bridgehead atoms. The van der Waals surface area contributed by atoms with Gasteiger partial charge in [-0.25, -0.2) is 9.59 Å². The van der Waals surface area contributed by atoms with Crippen molar-refractivity contribution >= 4 is 22.7 Å². The quantitative estimate of drug-likeness (QED) is 0.664. The molecule has 2 aromatic carbocycles. The van der Waals surface area contributed by atoms with Gasteiger partial charge in [-0.05, 0) is 35.0 Å². The monoisotopic (exact) mass is 242 g/mol. The van der Waals surface area contributed by atoms with Gasteiger partial charge >= 0.3 is 11.9 Å². The number of hydrogen-bond donors (Lipinski definition) is 1. The van der Waals surface area contributed by atoms with E-state index in [1.807, 2.05) is 0 Å². The lowest BCUT2D eigenvalue weighted by Crippen LogP contribution is -2.00. The lowest BCUT2D eigenvalue weighted by molar-refractivity contribution is 0.0662. The van der Waals surface area contributed by atoms with Crippen LogP contribution in [-0.4, -0.2) is 17.0 Å². The van der Waals surface area contributed by atoms with Crippen molar-refractivity contribution in [3.8, 4) is 0 Å². The van der Waals surface area contributed by atoms with Crippen LogP contribution in [-0.2, 0) is 4.74 Å². The molecule has 18 heavy (non-hydrogen) atoms. The lowest BCUT2D eigenvalue weighted by atomic mass is 10.0. The lowest BCUT2D eigenvalue weighted by Gasteiger charge is -2.03. The van der Waals surface area contributed by atoms with Gasteiger partial charge in [-0.15, -0.1) is 0 Å². The van der Waals surface area contributed by atoms with E-state index in [1.165, 1.54) is 12.1 Å². The molecular weight excluding hydrogens is 232 g/mol. The van der Waals surface area contributed by atoms with Crippen LogP contribution in [0, 0.1) is 0 Å². The number of carboxylic acid groups (broad SMARTS) is 1. The first-order valence-corrected chi connectivity index (χ1v) is 5.21. The number of carbonyl (C=O) groups excluding carboxylic acids is 1. The average molecular weight is 242 g/mol. The van der Waals surface area contributed by atoms with Crippen LogP contribution in [0.5, 0.6) is 0 Å². The highest BCUT2D eigenvalue weighted by molar-refractivity contribution is 5.98. The minimum absolute atomic E-state index is 0.178. The van der Waals surface area contributed by atoms with Gasteiger partial charge in [-0.2, -0.15) is 0 Å². The molecule has 0 aliphatic heterocycles. The molecule has 4 heteroatoms. The Morgan fingerprint density at radius 2 is 1.67 bits per heavy atom. The Labute approximate surface area is 103 Å². The summed E-state index contributed by atoms with van der Waals surface area (Å²) in [5.41, 5.74) is 0.529. The molecule has 0 aromatic heterocycles. The zero-order chi connectivity index (χ0) is 13.1. The molecule has 0 saturated carbocycles. The summed E-state index contributed by atoms with van der Waals surface area (Å²) < 4.78 is 4.66. The van der Waals surface area contributed by atoms with E-state index >= 15 is 0 Å². The van der Waals surface area contributed by atoms with Crippen LogP contribution in [0.1, 0.15) is 20.7 Å². The fourth-order valence-electron chi connectivity index (χ4n) is 1.65. The maximum Gasteiger partial charge on any atom is 0.342 e. The van der Waals surface area contributed by atoms with Gasteiger partial charge in [0.15, 0.2) is 0 Å². The molecule has 0 amide bonds. The number of carbonyl (C=O) groups is 2. The first-order valence-electron chi connectivity index (χ1n) is 5.21. The van der Waals surface area contributed by atoms with Crippen LogP contribution in [0.2, 0.25) is 0 Å². The van der Waals surface area contributed by atoms with Gasteiger partial charge < -0.3 is 9.84 Å². The Bertz CT molecular complexity index is 643. The third kappa shape index (κ3) is 2.22. The molecule has 0 aliphatic rings. The Kier molecular flexibility index (Phi) is 3.10. The van der Waals surface area contributed by atoms with E-state index in [1.54, 1.807) is 24.3 Å². The van der Waals surface area contributed by atoms with Gasteiger partial charge in [0, 0.05) is 0 Å². The van der Waals surface area contributed by atoms with Crippen molar-refractivity contribution < 1.29 is 19.4 Å². The van der Waals surface area contributed by atoms with Crippen molar-refractivity contribution in [1.82, 2.24) is 0 Å². The predicted molar refractivity (Wildman–Crippen MR) is 66.5 cm³/mol. The zero-order valence-corrected chi connectivity index (χ0v) is 9.42. The fourth-order valence-corrected chi connectivity index (χ4v) is 1.65. The van der Waals surface area contributed by atoms with Gasteiger partial charge in [-0.1, -0.05) is 18.7 Å². The largest absolute Gasteiger partial charge is 0.478 e. The number of carboxylic acids is 1. The molecule has 0 atom stereocenters. The summed E-state index contributed by atoms with van der Waals surface area (Å²) in [5.74, 6) is -1.52. The molecule has 0 radical (unpaired) electrons. The molecule has 2 aromatic rings. The molecule has 0 aliphatic carbocycles. The van der Waals surface area contributed by atoms with Gasteiger partial charge in [0.05, 0.1) is 17.4 Å². The van der Waals surface area contributed by atoms with Gasteiger partial charge in [-0.3, -0.25) is 0 Å². The van der Waals surface area contributed by atoms with Crippen LogP contribution in [0.3, 0.4) is 0 Å². The Balaban J connectivity index is 2.51. The molecule has 0 fully saturated rings. The number of aromatic carboxylic acids is 1. The summed E-state index contributed by atoms with van der Waals surface area (Å²) in [6, 6.07) is 9.68. The zero-order valence-electron chi connectivity index (χ0n) is 9.42. The summed E-state index contributed by atoms with van der Waals surface area (Å²) in [6.45, 7) is 3.31. The molecule has 2 rings (SSSR count). The minimum Gasteiger partial charge on any atom is -0.478 e. The normalized spacial score (nSPS) is 10.0. The molecule has 1 N–H and O–H groups in total. The van der Waals surface area contributed by atoms with E-state index in [2.05, 4.69) is 11.3 Å². The van der Waals surface area contributed by atoms with E-state index in [0.29, 0.717) is 10.9 Å². The second kappa shape index (κ2) is 4.71. The molecule has 90 valence electrons. The highest BCUT2D eigenvalue weighted by Gasteiger charge is 2.08. The Hall–Kier alpha value is -2.62. The van der Waals surface area contributed by atoms with Gasteiger partial charge in [0.25, 0.3) is 0 Å². The molecule has 0 heterocycles. The minimum atomic E-state index is -1.00. The summed E-state index contributed by atoms with van der Waals surface area (Å²) in [4.78, 5) is 22.4. The van der Waals surface area contributed by atoms with E-state index in [-0.39, 0.29) is 5.56 Å². The van der Waals surface area contributed by atoms with E-state index in [4.69, 9.17) is 5.11 Å². The van der Waals surface area contributed by atoms with E-state index < -0.39 is 11.9 Å². The number of ether oxygens (including phenoxy) is 1. The fraction of sp³-hybridized carbons (Fsp3) is 0. The van der Waals surface area contributed by atoms with Crippen molar-refractivity contribution in [2.45, 2.75) is 0 Å². The van der Waals surface area contributed by atoms with Crippen molar-refractivity contribution in [1.29, 1.82) is 0 Å². The topological polar surface area (TPSA) is 63.6 Å². The maximum absolute atomic E-state index is 11.5. The highest BCUT2D eigenvalue weighted by atomic mass is 16.5. The van der Waals surface area contributed by atoms with Crippen LogP contribution in [0.4, 0.5) is 0 Å². The van der Waals surface area contributed by atoms with Gasteiger partial charge in [0.1, 0.15) is 0 Å². The number of hydrogen-bond acceptors (Lipinski definition) is 3. The average Bonchev–Trinajstić information content (AvgIpc) is 2.37. The molecule has 0 saturated heterocycles. The van der Waals surface area contributed by atoms with E-state index in [0.717, 1.165) is 11.6 Å². The standard InChI is InChI=1S/C14H10O4/c1-2-18-14(17)11-6-4-9-3-5-10(13(15)16)7-12(9)8-11/h2-8H,1H2,(H,15,16). The number of benzene rings is 2. The molecule has 4 nitrogen and oxygen atoms in total. The molecular formula is C14H10O4. The maximum atomic E-state index is 11.5. The number of fused-ring (bicyclic) bond motifs is 1. The smallest absolute Gasteiger partial charge is 0.342 e.